The van der Waals surface area contributed by atoms with Gasteiger partial charge in [-0.15, -0.1) is 11.3 Å². The average molecular weight is 308 g/mol. The second kappa shape index (κ2) is 5.52. The summed E-state index contributed by atoms with van der Waals surface area (Å²) in [6.07, 6.45) is 1.71. The van der Waals surface area contributed by atoms with Crippen molar-refractivity contribution >= 4 is 33.2 Å². The van der Waals surface area contributed by atoms with Gasteiger partial charge in [0.15, 0.2) is 0 Å². The third-order valence-corrected chi connectivity index (χ3v) is 4.24. The first-order valence-electron chi connectivity index (χ1n) is 6.24. The predicted octanol–water partition coefficient (Wildman–Crippen LogP) is 3.88. The van der Waals surface area contributed by atoms with Crippen molar-refractivity contribution in [2.45, 2.75) is 20.0 Å². The molecular formula is C14H14ClN3OS. The van der Waals surface area contributed by atoms with Crippen molar-refractivity contribution in [1.29, 1.82) is 0 Å². The van der Waals surface area contributed by atoms with E-state index in [0.29, 0.717) is 11.7 Å². The molecule has 0 spiro atoms. The van der Waals surface area contributed by atoms with Gasteiger partial charge in [0.25, 0.3) is 0 Å². The molecule has 3 aromatic rings. The second-order valence-corrected chi connectivity index (χ2v) is 6.00. The number of thiophene rings is 1. The standard InChI is InChI=1S/C14H14ClN3OS/c1-9-10(3-5-19-9)7-18(2)8-12-16-13(15)11-4-6-20-14(11)17-12/h3-6H,7-8H2,1-2H3. The minimum Gasteiger partial charge on any atom is -0.469 e. The molecule has 3 rings (SSSR count). The third-order valence-electron chi connectivity index (χ3n) is 3.14. The molecule has 0 bridgehead atoms. The fraction of sp³-hybridized carbons (Fsp3) is 0.286. The van der Waals surface area contributed by atoms with Crippen LogP contribution in [0.5, 0.6) is 0 Å². The summed E-state index contributed by atoms with van der Waals surface area (Å²) >= 11 is 7.76. The van der Waals surface area contributed by atoms with Crippen LogP contribution in [0.15, 0.2) is 28.2 Å². The zero-order valence-corrected chi connectivity index (χ0v) is 12.8. The van der Waals surface area contributed by atoms with Crippen molar-refractivity contribution in [1.82, 2.24) is 14.9 Å². The van der Waals surface area contributed by atoms with Gasteiger partial charge in [-0.25, -0.2) is 9.97 Å². The van der Waals surface area contributed by atoms with E-state index in [1.54, 1.807) is 17.6 Å². The van der Waals surface area contributed by atoms with Gasteiger partial charge in [0.2, 0.25) is 0 Å². The number of rotatable bonds is 4. The average Bonchev–Trinajstić information content (AvgIpc) is 2.99. The summed E-state index contributed by atoms with van der Waals surface area (Å²) in [5, 5.41) is 3.43. The molecule has 20 heavy (non-hydrogen) atoms. The molecule has 0 saturated heterocycles. The Kier molecular flexibility index (Phi) is 3.74. The minimum absolute atomic E-state index is 0.527. The van der Waals surface area contributed by atoms with Crippen LogP contribution < -0.4 is 0 Å². The Morgan fingerprint density at radius 2 is 2.15 bits per heavy atom. The van der Waals surface area contributed by atoms with E-state index in [-0.39, 0.29) is 0 Å². The number of hydrogen-bond acceptors (Lipinski definition) is 5. The van der Waals surface area contributed by atoms with Crippen molar-refractivity contribution in [2.75, 3.05) is 7.05 Å². The van der Waals surface area contributed by atoms with Crippen LogP contribution in [-0.2, 0) is 13.1 Å². The molecule has 0 aliphatic heterocycles. The Bertz CT molecular complexity index is 737. The molecule has 0 unspecified atom stereocenters. The van der Waals surface area contributed by atoms with Gasteiger partial charge in [0.05, 0.1) is 12.8 Å². The molecule has 0 fully saturated rings. The highest BCUT2D eigenvalue weighted by Gasteiger charge is 2.11. The van der Waals surface area contributed by atoms with E-state index in [9.17, 15) is 0 Å². The molecule has 3 heterocycles. The molecule has 0 amide bonds. The zero-order chi connectivity index (χ0) is 14.1. The van der Waals surface area contributed by atoms with Crippen molar-refractivity contribution in [3.05, 3.63) is 46.1 Å². The third kappa shape index (κ3) is 2.70. The van der Waals surface area contributed by atoms with E-state index in [1.807, 2.05) is 31.5 Å². The fourth-order valence-corrected chi connectivity index (χ4v) is 3.18. The molecular weight excluding hydrogens is 294 g/mol. The lowest BCUT2D eigenvalue weighted by Gasteiger charge is -2.15. The highest BCUT2D eigenvalue weighted by atomic mass is 35.5. The first-order chi connectivity index (χ1) is 9.63. The minimum atomic E-state index is 0.527. The van der Waals surface area contributed by atoms with Gasteiger partial charge < -0.3 is 4.42 Å². The summed E-state index contributed by atoms with van der Waals surface area (Å²) in [4.78, 5) is 12.0. The van der Waals surface area contributed by atoms with Crippen LogP contribution >= 0.6 is 22.9 Å². The van der Waals surface area contributed by atoms with Gasteiger partial charge in [0, 0.05) is 17.5 Å². The molecule has 0 aliphatic rings. The summed E-state index contributed by atoms with van der Waals surface area (Å²) < 4.78 is 5.30. The number of hydrogen-bond donors (Lipinski definition) is 0. The first-order valence-corrected chi connectivity index (χ1v) is 7.50. The van der Waals surface area contributed by atoms with Gasteiger partial charge in [-0.1, -0.05) is 11.6 Å². The van der Waals surface area contributed by atoms with Gasteiger partial charge in [-0.05, 0) is 31.5 Å². The van der Waals surface area contributed by atoms with E-state index in [4.69, 9.17) is 16.0 Å². The van der Waals surface area contributed by atoms with Crippen LogP contribution in [0.25, 0.3) is 10.2 Å². The maximum Gasteiger partial charge on any atom is 0.145 e. The summed E-state index contributed by atoms with van der Waals surface area (Å²) in [6, 6.07) is 3.94. The van der Waals surface area contributed by atoms with E-state index >= 15 is 0 Å². The number of furan rings is 1. The Morgan fingerprint density at radius 3 is 2.90 bits per heavy atom. The summed E-state index contributed by atoms with van der Waals surface area (Å²) in [6.45, 7) is 3.41. The molecule has 0 aliphatic carbocycles. The number of nitrogens with zero attached hydrogens (tertiary/aromatic N) is 3. The number of aromatic nitrogens is 2. The van der Waals surface area contributed by atoms with Crippen LogP contribution in [0, 0.1) is 6.92 Å². The highest BCUT2D eigenvalue weighted by Crippen LogP contribution is 2.25. The van der Waals surface area contributed by atoms with Gasteiger partial charge in [-0.2, -0.15) is 0 Å². The fourth-order valence-electron chi connectivity index (χ4n) is 2.09. The van der Waals surface area contributed by atoms with Crippen LogP contribution in [0.3, 0.4) is 0 Å². The van der Waals surface area contributed by atoms with Crippen LogP contribution in [0.1, 0.15) is 17.1 Å². The summed E-state index contributed by atoms with van der Waals surface area (Å²) in [5.74, 6) is 1.69. The Labute approximate surface area is 126 Å². The normalized spacial score (nSPS) is 11.6. The molecule has 0 aromatic carbocycles. The maximum atomic E-state index is 6.18. The smallest absolute Gasteiger partial charge is 0.145 e. The Balaban J connectivity index is 1.77. The lowest BCUT2D eigenvalue weighted by molar-refractivity contribution is 0.308. The number of fused-ring (bicyclic) bond motifs is 1. The quantitative estimate of drug-likeness (QED) is 0.686. The Morgan fingerprint density at radius 1 is 1.30 bits per heavy atom. The number of halogens is 1. The maximum absolute atomic E-state index is 6.18. The largest absolute Gasteiger partial charge is 0.469 e. The van der Waals surface area contributed by atoms with Gasteiger partial charge >= 0.3 is 0 Å². The van der Waals surface area contributed by atoms with E-state index in [1.165, 1.54) is 5.56 Å². The van der Waals surface area contributed by atoms with Crippen molar-refractivity contribution in [2.24, 2.45) is 0 Å². The van der Waals surface area contributed by atoms with Crippen molar-refractivity contribution in [3.8, 4) is 0 Å². The predicted molar refractivity (Wildman–Crippen MR) is 81.0 cm³/mol. The van der Waals surface area contributed by atoms with Crippen molar-refractivity contribution in [3.63, 3.8) is 0 Å². The van der Waals surface area contributed by atoms with E-state index in [0.717, 1.165) is 28.3 Å². The van der Waals surface area contributed by atoms with Gasteiger partial charge in [0.1, 0.15) is 21.6 Å². The molecule has 0 radical (unpaired) electrons. The lowest BCUT2D eigenvalue weighted by Crippen LogP contribution is -2.19. The van der Waals surface area contributed by atoms with E-state index < -0.39 is 0 Å². The number of aryl methyl sites for hydroxylation is 1. The van der Waals surface area contributed by atoms with Crippen LogP contribution in [0.4, 0.5) is 0 Å². The highest BCUT2D eigenvalue weighted by molar-refractivity contribution is 7.16. The summed E-state index contributed by atoms with van der Waals surface area (Å²) in [5.41, 5.74) is 1.18. The topological polar surface area (TPSA) is 42.2 Å². The Hall–Kier alpha value is -1.43. The van der Waals surface area contributed by atoms with Crippen molar-refractivity contribution < 1.29 is 4.42 Å². The molecule has 4 nitrogen and oxygen atoms in total. The molecule has 0 saturated carbocycles. The second-order valence-electron chi connectivity index (χ2n) is 4.74. The van der Waals surface area contributed by atoms with E-state index in [2.05, 4.69) is 14.9 Å². The lowest BCUT2D eigenvalue weighted by atomic mass is 10.2. The monoisotopic (exact) mass is 307 g/mol. The first kappa shape index (κ1) is 13.5. The SMILES string of the molecule is Cc1occc1CN(C)Cc1nc(Cl)c2ccsc2n1. The van der Waals surface area contributed by atoms with Crippen LogP contribution in [-0.4, -0.2) is 21.9 Å². The molecule has 0 atom stereocenters. The molecule has 3 aromatic heterocycles. The zero-order valence-electron chi connectivity index (χ0n) is 11.3. The molecule has 0 N–H and O–H groups in total. The summed E-state index contributed by atoms with van der Waals surface area (Å²) in [7, 11) is 2.03. The van der Waals surface area contributed by atoms with Crippen LogP contribution in [0.2, 0.25) is 5.15 Å². The molecule has 6 heteroatoms. The molecule has 104 valence electrons. The van der Waals surface area contributed by atoms with Gasteiger partial charge in [-0.3, -0.25) is 4.90 Å².